The SMILES string of the molecule is COC(=O)C(C)Sc1nnc(C(F)(F)F)o1. The molecule has 0 radical (unpaired) electrons. The van der Waals surface area contributed by atoms with E-state index in [1.54, 1.807) is 0 Å². The first-order valence-electron chi connectivity index (χ1n) is 3.99. The van der Waals surface area contributed by atoms with E-state index in [2.05, 4.69) is 19.4 Å². The van der Waals surface area contributed by atoms with Crippen LogP contribution >= 0.6 is 11.8 Å². The van der Waals surface area contributed by atoms with E-state index < -0.39 is 23.3 Å². The van der Waals surface area contributed by atoms with Crippen LogP contribution < -0.4 is 0 Å². The monoisotopic (exact) mass is 256 g/mol. The van der Waals surface area contributed by atoms with Crippen LogP contribution in [0, 0.1) is 0 Å². The van der Waals surface area contributed by atoms with Crippen LogP contribution in [0.4, 0.5) is 13.2 Å². The van der Waals surface area contributed by atoms with E-state index in [1.165, 1.54) is 14.0 Å². The Morgan fingerprint density at radius 1 is 1.50 bits per heavy atom. The van der Waals surface area contributed by atoms with Gasteiger partial charge in [-0.15, -0.1) is 10.2 Å². The predicted octanol–water partition coefficient (Wildman–Crippen LogP) is 1.74. The van der Waals surface area contributed by atoms with Gasteiger partial charge >= 0.3 is 18.0 Å². The van der Waals surface area contributed by atoms with Gasteiger partial charge in [-0.25, -0.2) is 0 Å². The van der Waals surface area contributed by atoms with Crippen LogP contribution in [0.25, 0.3) is 0 Å². The van der Waals surface area contributed by atoms with Crippen molar-refractivity contribution in [3.05, 3.63) is 5.89 Å². The van der Waals surface area contributed by atoms with Crippen molar-refractivity contribution in [2.24, 2.45) is 0 Å². The van der Waals surface area contributed by atoms with Crippen LogP contribution in [-0.4, -0.2) is 28.5 Å². The first kappa shape index (κ1) is 12.8. The molecule has 0 saturated heterocycles. The fourth-order valence-electron chi connectivity index (χ4n) is 0.737. The second-order valence-corrected chi connectivity index (χ2v) is 3.95. The Balaban J connectivity index is 2.69. The molecule has 1 aromatic heterocycles. The number of alkyl halides is 3. The van der Waals surface area contributed by atoms with Gasteiger partial charge < -0.3 is 9.15 Å². The van der Waals surface area contributed by atoms with E-state index in [0.717, 1.165) is 0 Å². The molecule has 1 heterocycles. The summed E-state index contributed by atoms with van der Waals surface area (Å²) in [6, 6.07) is 0. The highest BCUT2D eigenvalue weighted by atomic mass is 32.2. The predicted molar refractivity (Wildman–Crippen MR) is 46.6 cm³/mol. The Labute approximate surface area is 92.4 Å². The second-order valence-electron chi connectivity index (χ2n) is 2.65. The van der Waals surface area contributed by atoms with Gasteiger partial charge in [0.2, 0.25) is 0 Å². The number of aromatic nitrogens is 2. The molecule has 1 rings (SSSR count). The highest BCUT2D eigenvalue weighted by Gasteiger charge is 2.38. The van der Waals surface area contributed by atoms with Gasteiger partial charge in [-0.1, -0.05) is 11.8 Å². The maximum absolute atomic E-state index is 12.1. The van der Waals surface area contributed by atoms with Gasteiger partial charge in [0.15, 0.2) is 0 Å². The number of carbonyl (C=O) groups is 1. The molecule has 0 aromatic carbocycles. The van der Waals surface area contributed by atoms with E-state index in [4.69, 9.17) is 0 Å². The second kappa shape index (κ2) is 4.73. The third-order valence-electron chi connectivity index (χ3n) is 1.46. The van der Waals surface area contributed by atoms with Crippen molar-refractivity contribution in [2.75, 3.05) is 7.11 Å². The van der Waals surface area contributed by atoms with E-state index in [9.17, 15) is 18.0 Å². The fourth-order valence-corrected chi connectivity index (χ4v) is 1.45. The van der Waals surface area contributed by atoms with Gasteiger partial charge in [-0.3, -0.25) is 4.79 Å². The number of ether oxygens (including phenoxy) is 1. The zero-order valence-corrected chi connectivity index (χ0v) is 9.06. The Morgan fingerprint density at radius 2 is 2.12 bits per heavy atom. The topological polar surface area (TPSA) is 65.2 Å². The molecule has 0 aliphatic heterocycles. The average Bonchev–Trinajstić information content (AvgIpc) is 2.64. The molecule has 1 aromatic rings. The largest absolute Gasteiger partial charge is 0.470 e. The Kier molecular flexibility index (Phi) is 3.79. The number of esters is 1. The van der Waals surface area contributed by atoms with Crippen molar-refractivity contribution >= 4 is 17.7 Å². The van der Waals surface area contributed by atoms with E-state index >= 15 is 0 Å². The molecule has 9 heteroatoms. The summed E-state index contributed by atoms with van der Waals surface area (Å²) >= 11 is 0.698. The van der Waals surface area contributed by atoms with E-state index in [0.29, 0.717) is 11.8 Å². The molecule has 90 valence electrons. The number of carbonyl (C=O) groups excluding carboxylic acids is 1. The maximum atomic E-state index is 12.1. The summed E-state index contributed by atoms with van der Waals surface area (Å²) in [5.74, 6) is -2.02. The van der Waals surface area contributed by atoms with Crippen LogP contribution in [0.5, 0.6) is 0 Å². The number of rotatable bonds is 3. The number of methoxy groups -OCH3 is 1. The highest BCUT2D eigenvalue weighted by molar-refractivity contribution is 8.00. The molecule has 0 aliphatic carbocycles. The minimum absolute atomic E-state index is 0.328. The molecule has 1 atom stereocenters. The summed E-state index contributed by atoms with van der Waals surface area (Å²) in [5.41, 5.74) is 0. The third-order valence-corrected chi connectivity index (χ3v) is 2.37. The zero-order valence-electron chi connectivity index (χ0n) is 8.24. The van der Waals surface area contributed by atoms with E-state index in [1.807, 2.05) is 0 Å². The van der Waals surface area contributed by atoms with Gasteiger partial charge in [0.05, 0.1) is 7.11 Å². The lowest BCUT2D eigenvalue weighted by molar-refractivity contribution is -0.158. The average molecular weight is 256 g/mol. The smallest absolute Gasteiger partial charge is 0.468 e. The van der Waals surface area contributed by atoms with Crippen molar-refractivity contribution in [2.45, 2.75) is 23.6 Å². The molecule has 1 unspecified atom stereocenters. The van der Waals surface area contributed by atoms with Gasteiger partial charge in [-0.2, -0.15) is 13.2 Å². The van der Waals surface area contributed by atoms with Crippen LogP contribution in [0.15, 0.2) is 9.64 Å². The highest BCUT2D eigenvalue weighted by Crippen LogP contribution is 2.31. The molecule has 0 bridgehead atoms. The first-order valence-corrected chi connectivity index (χ1v) is 4.87. The van der Waals surface area contributed by atoms with Crippen LogP contribution in [0.2, 0.25) is 0 Å². The van der Waals surface area contributed by atoms with E-state index in [-0.39, 0.29) is 5.22 Å². The molecule has 5 nitrogen and oxygen atoms in total. The summed E-state index contributed by atoms with van der Waals surface area (Å²) in [6.45, 7) is 1.45. The lowest BCUT2D eigenvalue weighted by Crippen LogP contribution is -2.14. The molecule has 0 amide bonds. The fraction of sp³-hybridized carbons (Fsp3) is 0.571. The number of thioether (sulfide) groups is 1. The summed E-state index contributed by atoms with van der Waals surface area (Å²) in [4.78, 5) is 11.0. The first-order chi connectivity index (χ1) is 7.34. The van der Waals surface area contributed by atoms with Crippen LogP contribution in [0.1, 0.15) is 12.8 Å². The van der Waals surface area contributed by atoms with Gasteiger partial charge in [0.1, 0.15) is 5.25 Å². The van der Waals surface area contributed by atoms with Gasteiger partial charge in [0, 0.05) is 0 Å². The van der Waals surface area contributed by atoms with Crippen LogP contribution in [0.3, 0.4) is 0 Å². The Hall–Kier alpha value is -1.25. The zero-order chi connectivity index (χ0) is 12.3. The maximum Gasteiger partial charge on any atom is 0.470 e. The Morgan fingerprint density at radius 3 is 2.56 bits per heavy atom. The van der Waals surface area contributed by atoms with Crippen LogP contribution in [-0.2, 0) is 15.7 Å². The Bertz CT molecular complexity index is 379. The minimum atomic E-state index is -4.68. The normalized spacial score (nSPS) is 13.6. The molecule has 16 heavy (non-hydrogen) atoms. The molecule has 0 N–H and O–H groups in total. The summed E-state index contributed by atoms with van der Waals surface area (Å²) < 4.78 is 44.9. The van der Waals surface area contributed by atoms with Crippen molar-refractivity contribution in [3.8, 4) is 0 Å². The number of nitrogens with zero attached hydrogens (tertiary/aromatic N) is 2. The lowest BCUT2D eigenvalue weighted by atomic mass is 10.5. The van der Waals surface area contributed by atoms with Crippen molar-refractivity contribution < 1.29 is 27.1 Å². The van der Waals surface area contributed by atoms with Crippen molar-refractivity contribution in [1.29, 1.82) is 0 Å². The van der Waals surface area contributed by atoms with Crippen molar-refractivity contribution in [3.63, 3.8) is 0 Å². The molecule has 0 spiro atoms. The number of hydrogen-bond acceptors (Lipinski definition) is 6. The molecular weight excluding hydrogens is 249 g/mol. The quantitative estimate of drug-likeness (QED) is 0.606. The minimum Gasteiger partial charge on any atom is -0.468 e. The van der Waals surface area contributed by atoms with Gasteiger partial charge in [0.25, 0.3) is 5.22 Å². The molecule has 0 fully saturated rings. The third kappa shape index (κ3) is 3.12. The molecule has 0 saturated carbocycles. The van der Waals surface area contributed by atoms with Crippen molar-refractivity contribution in [1.82, 2.24) is 10.2 Å². The molecule has 0 aliphatic rings. The standard InChI is InChI=1S/C7H7F3N2O3S/c1-3(4(13)14-2)16-6-12-11-5(15-6)7(8,9)10/h3H,1-2H3. The summed E-state index contributed by atoms with van der Waals surface area (Å²) in [7, 11) is 1.17. The number of hydrogen-bond donors (Lipinski definition) is 0. The summed E-state index contributed by atoms with van der Waals surface area (Å²) in [6.07, 6.45) is -4.68. The number of halogens is 3. The molecular formula is C7H7F3N2O3S. The summed E-state index contributed by atoms with van der Waals surface area (Å²) in [5, 5.41) is 4.92. The van der Waals surface area contributed by atoms with Gasteiger partial charge in [-0.05, 0) is 6.92 Å². The lowest BCUT2D eigenvalue weighted by Gasteiger charge is -2.04.